The average Bonchev–Trinajstić information content (AvgIpc) is 2.65. The SMILES string of the molecule is CCCCCc1ccc(C=NN=Cc2ccc(OCC(F)(F)F)cc2)cc1. The van der Waals surface area contributed by atoms with Crippen LogP contribution >= 0.6 is 0 Å². The van der Waals surface area contributed by atoms with Crippen LogP contribution in [0.25, 0.3) is 0 Å². The molecular formula is C21H23F3N2O. The maximum Gasteiger partial charge on any atom is 0.422 e. The second-order valence-electron chi connectivity index (χ2n) is 6.16. The molecule has 0 unspecified atom stereocenters. The zero-order valence-electron chi connectivity index (χ0n) is 15.2. The van der Waals surface area contributed by atoms with Crippen molar-refractivity contribution in [2.75, 3.05) is 6.61 Å². The van der Waals surface area contributed by atoms with Crippen LogP contribution in [0, 0.1) is 0 Å². The van der Waals surface area contributed by atoms with Crippen LogP contribution < -0.4 is 4.74 Å². The minimum atomic E-state index is -4.34. The van der Waals surface area contributed by atoms with Crippen LogP contribution in [0.2, 0.25) is 0 Å². The lowest BCUT2D eigenvalue weighted by Crippen LogP contribution is -2.19. The summed E-state index contributed by atoms with van der Waals surface area (Å²) in [5.41, 5.74) is 3.00. The van der Waals surface area contributed by atoms with Crippen LogP contribution in [-0.4, -0.2) is 25.2 Å². The lowest BCUT2D eigenvalue weighted by molar-refractivity contribution is -0.153. The molecule has 0 heterocycles. The van der Waals surface area contributed by atoms with Gasteiger partial charge in [-0.3, -0.25) is 0 Å². The van der Waals surface area contributed by atoms with Gasteiger partial charge in [0.2, 0.25) is 0 Å². The summed E-state index contributed by atoms with van der Waals surface area (Å²) in [6.45, 7) is 0.887. The Bertz CT molecular complexity index is 736. The highest BCUT2D eigenvalue weighted by Gasteiger charge is 2.28. The monoisotopic (exact) mass is 376 g/mol. The topological polar surface area (TPSA) is 34.0 Å². The van der Waals surface area contributed by atoms with Crippen LogP contribution in [-0.2, 0) is 6.42 Å². The third-order valence-electron chi connectivity index (χ3n) is 3.81. The van der Waals surface area contributed by atoms with E-state index in [1.54, 1.807) is 18.3 Å². The Labute approximate surface area is 157 Å². The normalized spacial score (nSPS) is 12.1. The number of halogens is 3. The Kier molecular flexibility index (Phi) is 8.04. The summed E-state index contributed by atoms with van der Waals surface area (Å²) in [6, 6.07) is 14.4. The molecular weight excluding hydrogens is 353 g/mol. The van der Waals surface area contributed by atoms with Crippen molar-refractivity contribution in [2.24, 2.45) is 10.2 Å². The first-order valence-corrected chi connectivity index (χ1v) is 8.91. The van der Waals surface area contributed by atoms with Gasteiger partial charge in [0.05, 0.1) is 12.4 Å². The lowest BCUT2D eigenvalue weighted by Gasteiger charge is -2.08. The van der Waals surface area contributed by atoms with E-state index in [1.807, 2.05) is 12.1 Å². The second kappa shape index (κ2) is 10.5. The van der Waals surface area contributed by atoms with E-state index in [0.717, 1.165) is 17.5 Å². The van der Waals surface area contributed by atoms with Crippen molar-refractivity contribution in [3.05, 3.63) is 65.2 Å². The van der Waals surface area contributed by atoms with Crippen LogP contribution in [0.4, 0.5) is 13.2 Å². The van der Waals surface area contributed by atoms with Gasteiger partial charge in [-0.2, -0.15) is 23.4 Å². The summed E-state index contributed by atoms with van der Waals surface area (Å²) in [4.78, 5) is 0. The van der Waals surface area contributed by atoms with Gasteiger partial charge in [0.15, 0.2) is 6.61 Å². The molecule has 0 aliphatic carbocycles. The zero-order chi connectivity index (χ0) is 19.5. The van der Waals surface area contributed by atoms with Crippen molar-refractivity contribution in [1.29, 1.82) is 0 Å². The summed E-state index contributed by atoms with van der Waals surface area (Å²) < 4.78 is 40.9. The molecule has 0 N–H and O–H groups in total. The number of hydrogen-bond acceptors (Lipinski definition) is 3. The minimum absolute atomic E-state index is 0.159. The first kappa shape index (κ1) is 20.7. The molecule has 2 rings (SSSR count). The first-order valence-electron chi connectivity index (χ1n) is 8.91. The highest BCUT2D eigenvalue weighted by Crippen LogP contribution is 2.18. The quantitative estimate of drug-likeness (QED) is 0.309. The standard InChI is InChI=1S/C21H23F3N2O/c1-2-3-4-5-17-6-8-18(9-7-17)14-25-26-15-19-10-12-20(13-11-19)27-16-21(22,23)24/h6-15H,2-5,16H2,1H3. The second-order valence-corrected chi connectivity index (χ2v) is 6.16. The highest BCUT2D eigenvalue weighted by atomic mass is 19.4. The molecule has 0 radical (unpaired) electrons. The smallest absolute Gasteiger partial charge is 0.422 e. The van der Waals surface area contributed by atoms with E-state index in [-0.39, 0.29) is 5.75 Å². The van der Waals surface area contributed by atoms with E-state index >= 15 is 0 Å². The largest absolute Gasteiger partial charge is 0.484 e. The van der Waals surface area contributed by atoms with Gasteiger partial charge in [0.1, 0.15) is 5.75 Å². The summed E-state index contributed by atoms with van der Waals surface area (Å²) in [6.07, 6.45) is 3.60. The molecule has 0 spiro atoms. The van der Waals surface area contributed by atoms with E-state index in [4.69, 9.17) is 0 Å². The Morgan fingerprint density at radius 2 is 1.41 bits per heavy atom. The molecule has 0 atom stereocenters. The van der Waals surface area contributed by atoms with Crippen LogP contribution in [0.3, 0.4) is 0 Å². The van der Waals surface area contributed by atoms with Gasteiger partial charge in [0, 0.05) is 0 Å². The van der Waals surface area contributed by atoms with E-state index in [0.29, 0.717) is 0 Å². The molecule has 2 aromatic carbocycles. The highest BCUT2D eigenvalue weighted by molar-refractivity contribution is 5.82. The van der Waals surface area contributed by atoms with Gasteiger partial charge in [-0.1, -0.05) is 44.0 Å². The summed E-state index contributed by atoms with van der Waals surface area (Å²) in [5, 5.41) is 7.96. The molecule has 0 saturated carbocycles. The fourth-order valence-corrected chi connectivity index (χ4v) is 2.36. The van der Waals surface area contributed by atoms with Crippen molar-refractivity contribution < 1.29 is 17.9 Å². The fourth-order valence-electron chi connectivity index (χ4n) is 2.36. The van der Waals surface area contributed by atoms with Gasteiger partial charge in [-0.05, 0) is 53.8 Å². The minimum Gasteiger partial charge on any atom is -0.484 e. The molecule has 144 valence electrons. The molecule has 0 aromatic heterocycles. The lowest BCUT2D eigenvalue weighted by atomic mass is 10.1. The van der Waals surface area contributed by atoms with Gasteiger partial charge >= 0.3 is 6.18 Å². The third kappa shape index (κ3) is 8.53. The molecule has 0 aliphatic rings. The molecule has 2 aromatic rings. The van der Waals surface area contributed by atoms with Crippen molar-refractivity contribution in [2.45, 2.75) is 38.8 Å². The number of aryl methyl sites for hydroxylation is 1. The van der Waals surface area contributed by atoms with Gasteiger partial charge < -0.3 is 4.74 Å². The third-order valence-corrected chi connectivity index (χ3v) is 3.81. The number of hydrogen-bond donors (Lipinski definition) is 0. The molecule has 0 bridgehead atoms. The molecule has 27 heavy (non-hydrogen) atoms. The van der Waals surface area contributed by atoms with Crippen LogP contribution in [0.15, 0.2) is 58.7 Å². The van der Waals surface area contributed by atoms with Gasteiger partial charge in [-0.15, -0.1) is 0 Å². The fraction of sp³-hybridized carbons (Fsp3) is 0.333. The number of nitrogens with zero attached hydrogens (tertiary/aromatic N) is 2. The summed E-state index contributed by atoms with van der Waals surface area (Å²) >= 11 is 0. The Hall–Kier alpha value is -2.63. The molecule has 0 fully saturated rings. The van der Waals surface area contributed by atoms with E-state index in [9.17, 15) is 13.2 Å². The maximum absolute atomic E-state index is 12.1. The summed E-state index contributed by atoms with van der Waals surface area (Å²) in [7, 11) is 0. The average molecular weight is 376 g/mol. The molecule has 6 heteroatoms. The number of benzene rings is 2. The van der Waals surface area contributed by atoms with Crippen molar-refractivity contribution in [1.82, 2.24) is 0 Å². The Morgan fingerprint density at radius 1 is 0.852 bits per heavy atom. The Balaban J connectivity index is 1.82. The van der Waals surface area contributed by atoms with Crippen molar-refractivity contribution in [3.63, 3.8) is 0 Å². The molecule has 0 aliphatic heterocycles. The first-order chi connectivity index (χ1) is 13.0. The van der Waals surface area contributed by atoms with E-state index < -0.39 is 12.8 Å². The van der Waals surface area contributed by atoms with Gasteiger partial charge in [0.25, 0.3) is 0 Å². The van der Waals surface area contributed by atoms with Crippen LogP contribution in [0.1, 0.15) is 42.9 Å². The van der Waals surface area contributed by atoms with Crippen LogP contribution in [0.5, 0.6) is 5.75 Å². The van der Waals surface area contributed by atoms with Gasteiger partial charge in [-0.25, -0.2) is 0 Å². The van der Waals surface area contributed by atoms with E-state index in [1.165, 1.54) is 43.2 Å². The predicted octanol–water partition coefficient (Wildman–Crippen LogP) is 5.81. The number of alkyl halides is 3. The zero-order valence-corrected chi connectivity index (χ0v) is 15.2. The Morgan fingerprint density at radius 3 is 1.93 bits per heavy atom. The summed E-state index contributed by atoms with van der Waals surface area (Å²) in [5.74, 6) is 0.159. The molecule has 0 saturated heterocycles. The van der Waals surface area contributed by atoms with Crippen molar-refractivity contribution >= 4 is 12.4 Å². The molecule has 3 nitrogen and oxygen atoms in total. The number of unbranched alkanes of at least 4 members (excludes halogenated alkanes) is 2. The maximum atomic E-state index is 12.1. The number of rotatable bonds is 9. The van der Waals surface area contributed by atoms with E-state index in [2.05, 4.69) is 34.0 Å². The number of ether oxygens (including phenoxy) is 1. The predicted molar refractivity (Wildman–Crippen MR) is 103 cm³/mol. The van der Waals surface area contributed by atoms with Crippen molar-refractivity contribution in [3.8, 4) is 5.75 Å². The molecule has 0 amide bonds.